The number of nitrogens with one attached hydrogen (secondary N) is 2. The minimum absolute atomic E-state index is 0.0554. The average molecular weight is 307 g/mol. The Labute approximate surface area is 131 Å². The van der Waals surface area contributed by atoms with Gasteiger partial charge in [-0.1, -0.05) is 30.3 Å². The minimum atomic E-state index is -0.553. The van der Waals surface area contributed by atoms with Gasteiger partial charge in [0.2, 0.25) is 11.9 Å². The maximum absolute atomic E-state index is 12.2. The molecule has 2 N–H and O–H groups in total. The van der Waals surface area contributed by atoms with E-state index >= 15 is 0 Å². The van der Waals surface area contributed by atoms with Gasteiger partial charge < -0.3 is 9.72 Å². The molecule has 0 bridgehead atoms. The van der Waals surface area contributed by atoms with Crippen LogP contribution in [0.3, 0.4) is 0 Å². The third kappa shape index (κ3) is 2.44. The molecular formula is C17H13N3O3. The Hall–Kier alpha value is -3.15. The summed E-state index contributed by atoms with van der Waals surface area (Å²) in [6, 6.07) is 14.6. The van der Waals surface area contributed by atoms with Crippen LogP contribution in [0.1, 0.15) is 28.4 Å². The van der Waals surface area contributed by atoms with Crippen molar-refractivity contribution in [1.82, 2.24) is 9.97 Å². The molecule has 23 heavy (non-hydrogen) atoms. The SMILES string of the molecule is O=C(CC1OC(=O)c2ccccc21)Nc1nc2ccccc2[nH]1. The van der Waals surface area contributed by atoms with Crippen molar-refractivity contribution in [1.29, 1.82) is 0 Å². The van der Waals surface area contributed by atoms with Gasteiger partial charge in [0.15, 0.2) is 0 Å². The summed E-state index contributed by atoms with van der Waals surface area (Å²) in [5.74, 6) is -0.269. The Morgan fingerprint density at radius 1 is 1.17 bits per heavy atom. The zero-order valence-corrected chi connectivity index (χ0v) is 12.1. The molecular weight excluding hydrogens is 294 g/mol. The highest BCUT2D eigenvalue weighted by Gasteiger charge is 2.32. The lowest BCUT2D eigenvalue weighted by Gasteiger charge is -2.09. The first-order valence-corrected chi connectivity index (χ1v) is 7.25. The number of carbonyl (C=O) groups is 2. The van der Waals surface area contributed by atoms with Crippen LogP contribution < -0.4 is 5.32 Å². The minimum Gasteiger partial charge on any atom is -0.453 e. The third-order valence-corrected chi connectivity index (χ3v) is 3.79. The van der Waals surface area contributed by atoms with E-state index in [9.17, 15) is 9.59 Å². The number of cyclic esters (lactones) is 1. The Morgan fingerprint density at radius 2 is 1.96 bits per heavy atom. The first kappa shape index (κ1) is 13.5. The van der Waals surface area contributed by atoms with Crippen LogP contribution in [0.2, 0.25) is 0 Å². The summed E-state index contributed by atoms with van der Waals surface area (Å²) < 4.78 is 5.27. The van der Waals surface area contributed by atoms with Crippen molar-refractivity contribution in [2.24, 2.45) is 0 Å². The summed E-state index contributed by atoms with van der Waals surface area (Å²) in [7, 11) is 0. The number of nitrogens with zero attached hydrogens (tertiary/aromatic N) is 1. The summed E-state index contributed by atoms with van der Waals surface area (Å²) in [6.07, 6.45) is -0.497. The average Bonchev–Trinajstić information content (AvgIpc) is 3.09. The maximum Gasteiger partial charge on any atom is 0.339 e. The third-order valence-electron chi connectivity index (χ3n) is 3.79. The van der Waals surface area contributed by atoms with Gasteiger partial charge in [-0.2, -0.15) is 0 Å². The van der Waals surface area contributed by atoms with Crippen molar-refractivity contribution < 1.29 is 14.3 Å². The molecule has 0 radical (unpaired) electrons. The molecule has 1 aliphatic heterocycles. The molecule has 4 rings (SSSR count). The van der Waals surface area contributed by atoms with E-state index in [2.05, 4.69) is 15.3 Å². The molecule has 1 unspecified atom stereocenters. The van der Waals surface area contributed by atoms with Crippen LogP contribution in [0.15, 0.2) is 48.5 Å². The summed E-state index contributed by atoms with van der Waals surface area (Å²) >= 11 is 0. The first-order chi connectivity index (χ1) is 11.2. The molecule has 1 aliphatic rings. The number of H-pyrrole nitrogens is 1. The molecule has 1 amide bonds. The van der Waals surface area contributed by atoms with Gasteiger partial charge in [-0.3, -0.25) is 10.1 Å². The number of rotatable bonds is 3. The van der Waals surface area contributed by atoms with Gasteiger partial charge in [-0.25, -0.2) is 9.78 Å². The topological polar surface area (TPSA) is 84.1 Å². The van der Waals surface area contributed by atoms with Crippen LogP contribution in [-0.2, 0) is 9.53 Å². The van der Waals surface area contributed by atoms with Gasteiger partial charge in [0.05, 0.1) is 23.0 Å². The highest BCUT2D eigenvalue weighted by molar-refractivity contribution is 5.96. The second-order valence-electron chi connectivity index (χ2n) is 5.34. The number of hydrogen-bond donors (Lipinski definition) is 2. The molecule has 1 aromatic heterocycles. The smallest absolute Gasteiger partial charge is 0.339 e. The molecule has 2 heterocycles. The molecule has 6 nitrogen and oxygen atoms in total. The fourth-order valence-electron chi connectivity index (χ4n) is 2.73. The van der Waals surface area contributed by atoms with Crippen molar-refractivity contribution >= 4 is 28.9 Å². The molecule has 0 saturated carbocycles. The Morgan fingerprint density at radius 3 is 2.83 bits per heavy atom. The molecule has 0 aliphatic carbocycles. The molecule has 6 heteroatoms. The number of aromatic nitrogens is 2. The number of carbonyl (C=O) groups excluding carboxylic acids is 2. The molecule has 0 saturated heterocycles. The number of ether oxygens (including phenoxy) is 1. The first-order valence-electron chi connectivity index (χ1n) is 7.25. The van der Waals surface area contributed by atoms with Gasteiger partial charge in [-0.05, 0) is 18.2 Å². The zero-order chi connectivity index (χ0) is 15.8. The number of hydrogen-bond acceptors (Lipinski definition) is 4. The molecule has 1 atom stereocenters. The van der Waals surface area contributed by atoms with E-state index in [0.717, 1.165) is 16.6 Å². The largest absolute Gasteiger partial charge is 0.453 e. The fourth-order valence-corrected chi connectivity index (χ4v) is 2.73. The van der Waals surface area contributed by atoms with E-state index in [1.54, 1.807) is 18.2 Å². The number of esters is 1. The van der Waals surface area contributed by atoms with E-state index < -0.39 is 6.10 Å². The van der Waals surface area contributed by atoms with Gasteiger partial charge in [0, 0.05) is 5.56 Å². The van der Waals surface area contributed by atoms with Crippen LogP contribution >= 0.6 is 0 Å². The molecule has 3 aromatic rings. The normalized spacial score (nSPS) is 16.2. The predicted octanol–water partition coefficient (Wildman–Crippen LogP) is 2.80. The van der Waals surface area contributed by atoms with Crippen LogP contribution in [0.25, 0.3) is 11.0 Å². The summed E-state index contributed by atoms with van der Waals surface area (Å²) in [5, 5.41) is 2.71. The van der Waals surface area contributed by atoms with E-state index in [-0.39, 0.29) is 18.3 Å². The number of anilines is 1. The van der Waals surface area contributed by atoms with E-state index in [1.165, 1.54) is 0 Å². The number of benzene rings is 2. The van der Waals surface area contributed by atoms with Crippen molar-refractivity contribution in [3.63, 3.8) is 0 Å². The highest BCUT2D eigenvalue weighted by Crippen LogP contribution is 2.32. The van der Waals surface area contributed by atoms with Crippen molar-refractivity contribution in [3.8, 4) is 0 Å². The maximum atomic E-state index is 12.2. The number of imidazole rings is 1. The van der Waals surface area contributed by atoms with Crippen LogP contribution in [0, 0.1) is 0 Å². The lowest BCUT2D eigenvalue weighted by Crippen LogP contribution is -2.16. The quantitative estimate of drug-likeness (QED) is 0.729. The Balaban J connectivity index is 1.49. The van der Waals surface area contributed by atoms with Crippen LogP contribution in [0.4, 0.5) is 5.95 Å². The summed E-state index contributed by atoms with van der Waals surface area (Å²) in [4.78, 5) is 31.3. The monoisotopic (exact) mass is 307 g/mol. The lowest BCUT2D eigenvalue weighted by atomic mass is 10.0. The lowest BCUT2D eigenvalue weighted by molar-refractivity contribution is -0.118. The number of fused-ring (bicyclic) bond motifs is 2. The van der Waals surface area contributed by atoms with Gasteiger partial charge in [0.25, 0.3) is 0 Å². The Kier molecular flexibility index (Phi) is 3.08. The summed E-state index contributed by atoms with van der Waals surface area (Å²) in [5.41, 5.74) is 2.90. The van der Waals surface area contributed by atoms with E-state index in [1.807, 2.05) is 30.3 Å². The number of para-hydroxylation sites is 2. The second kappa shape index (κ2) is 5.24. The van der Waals surface area contributed by atoms with Gasteiger partial charge in [0.1, 0.15) is 6.10 Å². The standard InChI is InChI=1S/C17H13N3O3/c21-15(20-17-18-12-7-3-4-8-13(12)19-17)9-14-10-5-1-2-6-11(10)16(22)23-14/h1-8,14H,9H2,(H2,18,19,20,21). The van der Waals surface area contributed by atoms with E-state index in [0.29, 0.717) is 11.5 Å². The van der Waals surface area contributed by atoms with Crippen LogP contribution in [0.5, 0.6) is 0 Å². The Bertz CT molecular complexity index is 883. The van der Waals surface area contributed by atoms with Gasteiger partial charge >= 0.3 is 5.97 Å². The number of aromatic amines is 1. The molecule has 114 valence electrons. The fraction of sp³-hybridized carbons (Fsp3) is 0.118. The molecule has 0 spiro atoms. The van der Waals surface area contributed by atoms with Crippen molar-refractivity contribution in [3.05, 3.63) is 59.7 Å². The molecule has 0 fully saturated rings. The van der Waals surface area contributed by atoms with Crippen molar-refractivity contribution in [2.45, 2.75) is 12.5 Å². The zero-order valence-electron chi connectivity index (χ0n) is 12.1. The summed E-state index contributed by atoms with van der Waals surface area (Å²) in [6.45, 7) is 0. The number of amides is 1. The predicted molar refractivity (Wildman–Crippen MR) is 83.9 cm³/mol. The molecule has 2 aromatic carbocycles. The second-order valence-corrected chi connectivity index (χ2v) is 5.34. The van der Waals surface area contributed by atoms with Crippen LogP contribution in [-0.4, -0.2) is 21.8 Å². The van der Waals surface area contributed by atoms with E-state index in [4.69, 9.17) is 4.74 Å². The highest BCUT2D eigenvalue weighted by atomic mass is 16.5. The van der Waals surface area contributed by atoms with Crippen molar-refractivity contribution in [2.75, 3.05) is 5.32 Å². The van der Waals surface area contributed by atoms with Gasteiger partial charge in [-0.15, -0.1) is 0 Å².